The largest absolute Gasteiger partial charge is 0.497 e. The summed E-state index contributed by atoms with van der Waals surface area (Å²) in [6, 6.07) is 13.7. The van der Waals surface area contributed by atoms with Crippen molar-refractivity contribution < 1.29 is 17.5 Å². The van der Waals surface area contributed by atoms with E-state index in [1.807, 2.05) is 30.3 Å². The molecule has 0 bridgehead atoms. The van der Waals surface area contributed by atoms with Crippen LogP contribution in [0.25, 0.3) is 0 Å². The predicted octanol–water partition coefficient (Wildman–Crippen LogP) is 2.64. The van der Waals surface area contributed by atoms with E-state index in [9.17, 15) is 12.8 Å². The normalized spacial score (nSPS) is 17.7. The first kappa shape index (κ1) is 17.7. The number of halogens is 1. The van der Waals surface area contributed by atoms with Crippen molar-refractivity contribution in [3.05, 3.63) is 54.3 Å². The Hall–Kier alpha value is -2.12. The SMILES string of the molecule is COc1ccc(S(=O)(=O)NC[C@H]2CCN(c3ccccc3)C2)c(F)c1. The second-order valence-electron chi connectivity index (χ2n) is 6.08. The molecule has 2 aromatic rings. The lowest BCUT2D eigenvalue weighted by atomic mass is 10.1. The number of hydrogen-bond donors (Lipinski definition) is 1. The van der Waals surface area contributed by atoms with E-state index >= 15 is 0 Å². The summed E-state index contributed by atoms with van der Waals surface area (Å²) < 4.78 is 46.1. The molecular weight excluding hydrogens is 343 g/mol. The average molecular weight is 364 g/mol. The van der Waals surface area contributed by atoms with Gasteiger partial charge in [-0.1, -0.05) is 18.2 Å². The van der Waals surface area contributed by atoms with Gasteiger partial charge in [-0.05, 0) is 36.6 Å². The van der Waals surface area contributed by atoms with Crippen LogP contribution in [0.4, 0.5) is 10.1 Å². The number of benzene rings is 2. The van der Waals surface area contributed by atoms with Crippen LogP contribution in [0.2, 0.25) is 0 Å². The minimum atomic E-state index is -3.88. The molecule has 0 radical (unpaired) electrons. The summed E-state index contributed by atoms with van der Waals surface area (Å²) >= 11 is 0. The van der Waals surface area contributed by atoms with Gasteiger partial charge in [-0.25, -0.2) is 17.5 Å². The van der Waals surface area contributed by atoms with Gasteiger partial charge in [0.25, 0.3) is 0 Å². The van der Waals surface area contributed by atoms with E-state index in [4.69, 9.17) is 4.74 Å². The number of sulfonamides is 1. The summed E-state index contributed by atoms with van der Waals surface area (Å²) in [5.41, 5.74) is 1.13. The topological polar surface area (TPSA) is 58.6 Å². The highest BCUT2D eigenvalue weighted by Crippen LogP contribution is 2.24. The molecule has 2 aromatic carbocycles. The van der Waals surface area contributed by atoms with Crippen molar-refractivity contribution in [2.24, 2.45) is 5.92 Å². The first-order chi connectivity index (χ1) is 12.0. The van der Waals surface area contributed by atoms with E-state index in [0.717, 1.165) is 31.3 Å². The second-order valence-corrected chi connectivity index (χ2v) is 7.82. The third kappa shape index (κ3) is 4.11. The van der Waals surface area contributed by atoms with Gasteiger partial charge < -0.3 is 9.64 Å². The fourth-order valence-corrected chi connectivity index (χ4v) is 4.18. The van der Waals surface area contributed by atoms with Crippen LogP contribution in [0.15, 0.2) is 53.4 Å². The van der Waals surface area contributed by atoms with Crippen LogP contribution in [-0.2, 0) is 10.0 Å². The molecule has 0 saturated carbocycles. The zero-order valence-electron chi connectivity index (χ0n) is 14.0. The highest BCUT2D eigenvalue weighted by molar-refractivity contribution is 7.89. The molecule has 3 rings (SSSR count). The molecule has 7 heteroatoms. The summed E-state index contributed by atoms with van der Waals surface area (Å²) in [5, 5.41) is 0. The minimum Gasteiger partial charge on any atom is -0.497 e. The van der Waals surface area contributed by atoms with Gasteiger partial charge in [-0.2, -0.15) is 0 Å². The third-order valence-electron chi connectivity index (χ3n) is 4.40. The Kier molecular flexibility index (Phi) is 5.24. The molecule has 1 N–H and O–H groups in total. The Balaban J connectivity index is 1.62. The maximum absolute atomic E-state index is 14.0. The Labute approximate surface area is 147 Å². The number of hydrogen-bond acceptors (Lipinski definition) is 4. The lowest BCUT2D eigenvalue weighted by Crippen LogP contribution is -2.31. The average Bonchev–Trinajstić information content (AvgIpc) is 3.09. The van der Waals surface area contributed by atoms with Crippen molar-refractivity contribution in [3.63, 3.8) is 0 Å². The van der Waals surface area contributed by atoms with Gasteiger partial charge in [-0.3, -0.25) is 0 Å². The molecule has 1 heterocycles. The number of nitrogens with zero attached hydrogens (tertiary/aromatic N) is 1. The highest BCUT2D eigenvalue weighted by atomic mass is 32.2. The van der Waals surface area contributed by atoms with Gasteiger partial charge >= 0.3 is 0 Å². The molecule has 0 spiro atoms. The number of rotatable bonds is 6. The molecule has 25 heavy (non-hydrogen) atoms. The Morgan fingerprint density at radius 3 is 2.68 bits per heavy atom. The van der Waals surface area contributed by atoms with Crippen molar-refractivity contribution in [2.45, 2.75) is 11.3 Å². The summed E-state index contributed by atoms with van der Waals surface area (Å²) in [4.78, 5) is 1.87. The molecule has 1 saturated heterocycles. The minimum absolute atomic E-state index is 0.191. The van der Waals surface area contributed by atoms with Crippen molar-refractivity contribution in [1.29, 1.82) is 0 Å². The quantitative estimate of drug-likeness (QED) is 0.856. The first-order valence-electron chi connectivity index (χ1n) is 8.13. The number of ether oxygens (including phenoxy) is 1. The standard InChI is InChI=1S/C18H21FN2O3S/c1-24-16-7-8-18(17(19)11-16)25(22,23)20-12-14-9-10-21(13-14)15-5-3-2-4-6-15/h2-8,11,14,20H,9-10,12-13H2,1H3/t14-/m1/s1. The summed E-state index contributed by atoms with van der Waals surface area (Å²) in [6.07, 6.45) is 0.891. The van der Waals surface area contributed by atoms with Crippen LogP contribution in [0.5, 0.6) is 5.75 Å². The molecule has 0 aromatic heterocycles. The van der Waals surface area contributed by atoms with Crippen LogP contribution < -0.4 is 14.4 Å². The molecule has 5 nitrogen and oxygen atoms in total. The first-order valence-corrected chi connectivity index (χ1v) is 9.61. The maximum Gasteiger partial charge on any atom is 0.243 e. The molecule has 1 atom stereocenters. The van der Waals surface area contributed by atoms with Crippen molar-refractivity contribution in [3.8, 4) is 5.75 Å². The zero-order valence-corrected chi connectivity index (χ0v) is 14.8. The lowest BCUT2D eigenvalue weighted by molar-refractivity contribution is 0.409. The van der Waals surface area contributed by atoms with Crippen molar-refractivity contribution >= 4 is 15.7 Å². The molecule has 1 fully saturated rings. The lowest BCUT2D eigenvalue weighted by Gasteiger charge is -2.18. The van der Waals surface area contributed by atoms with Crippen LogP contribution in [0, 0.1) is 11.7 Å². The fraction of sp³-hybridized carbons (Fsp3) is 0.333. The van der Waals surface area contributed by atoms with Crippen LogP contribution >= 0.6 is 0 Å². The molecule has 0 aliphatic carbocycles. The molecule has 1 aliphatic heterocycles. The third-order valence-corrected chi connectivity index (χ3v) is 5.85. The van der Waals surface area contributed by atoms with Crippen molar-refractivity contribution in [1.82, 2.24) is 4.72 Å². The van der Waals surface area contributed by atoms with Crippen LogP contribution in [0.3, 0.4) is 0 Å². The van der Waals surface area contributed by atoms with Crippen LogP contribution in [-0.4, -0.2) is 35.2 Å². The molecule has 0 unspecified atom stereocenters. The van der Waals surface area contributed by atoms with Gasteiger partial charge in [0.05, 0.1) is 7.11 Å². The molecular formula is C18H21FN2O3S. The van der Waals surface area contributed by atoms with Gasteiger partial charge in [0.2, 0.25) is 10.0 Å². The van der Waals surface area contributed by atoms with Gasteiger partial charge in [0.15, 0.2) is 0 Å². The number of para-hydroxylation sites is 1. The summed E-state index contributed by atoms with van der Waals surface area (Å²) in [7, 11) is -2.48. The monoisotopic (exact) mass is 364 g/mol. The zero-order chi connectivity index (χ0) is 17.9. The van der Waals surface area contributed by atoms with Crippen LogP contribution in [0.1, 0.15) is 6.42 Å². The number of nitrogens with one attached hydrogen (secondary N) is 1. The van der Waals surface area contributed by atoms with E-state index in [0.29, 0.717) is 0 Å². The van der Waals surface area contributed by atoms with Gasteiger partial charge in [-0.15, -0.1) is 0 Å². The highest BCUT2D eigenvalue weighted by Gasteiger charge is 2.26. The van der Waals surface area contributed by atoms with E-state index in [2.05, 4.69) is 9.62 Å². The summed E-state index contributed by atoms with van der Waals surface area (Å²) in [5.74, 6) is -0.341. The maximum atomic E-state index is 14.0. The molecule has 0 amide bonds. The van der Waals surface area contributed by atoms with E-state index in [1.54, 1.807) is 0 Å². The molecule has 134 valence electrons. The van der Waals surface area contributed by atoms with E-state index in [-0.39, 0.29) is 23.1 Å². The van der Waals surface area contributed by atoms with Gasteiger partial charge in [0.1, 0.15) is 16.5 Å². The fourth-order valence-electron chi connectivity index (χ4n) is 3.00. The smallest absolute Gasteiger partial charge is 0.243 e. The van der Waals surface area contributed by atoms with Crippen molar-refractivity contribution in [2.75, 3.05) is 31.6 Å². The Morgan fingerprint density at radius 1 is 1.24 bits per heavy atom. The Morgan fingerprint density at radius 2 is 2.00 bits per heavy atom. The summed E-state index contributed by atoms with van der Waals surface area (Å²) in [6.45, 7) is 1.95. The van der Waals surface area contributed by atoms with Gasteiger partial charge in [0, 0.05) is 31.4 Å². The second kappa shape index (κ2) is 7.41. The number of anilines is 1. The Bertz CT molecular complexity index is 827. The number of methoxy groups -OCH3 is 1. The molecule has 1 aliphatic rings. The predicted molar refractivity (Wildman–Crippen MR) is 94.9 cm³/mol. The van der Waals surface area contributed by atoms with E-state index in [1.165, 1.54) is 19.2 Å². The van der Waals surface area contributed by atoms with E-state index < -0.39 is 15.8 Å².